The van der Waals surface area contributed by atoms with Crippen LogP contribution in [0.1, 0.15) is 24.0 Å². The maximum absolute atomic E-state index is 10.2. The Morgan fingerprint density at radius 2 is 2.00 bits per heavy atom. The van der Waals surface area contributed by atoms with Gasteiger partial charge in [0.05, 0.1) is 12.0 Å². The average molecular weight is 199 g/mol. The fourth-order valence-electron chi connectivity index (χ4n) is 1.02. The number of aliphatic carboxylic acids is 1. The van der Waals surface area contributed by atoms with Crippen LogP contribution in [0.25, 0.3) is 0 Å². The fraction of sp³-hybridized carbons (Fsp3) is 0.167. The Hall–Kier alpha value is -2.26. The van der Waals surface area contributed by atoms with Gasteiger partial charge in [-0.2, -0.15) is 5.26 Å². The van der Waals surface area contributed by atoms with Gasteiger partial charge in [-0.1, -0.05) is 24.0 Å². The van der Waals surface area contributed by atoms with Gasteiger partial charge in [0.2, 0.25) is 0 Å². The summed E-state index contributed by atoms with van der Waals surface area (Å²) in [5.41, 5.74) is 1.16. The molecule has 0 bridgehead atoms. The molecule has 1 N–H and O–H groups in total. The van der Waals surface area contributed by atoms with Crippen molar-refractivity contribution >= 4 is 5.97 Å². The lowest BCUT2D eigenvalue weighted by Gasteiger charge is -1.92. The molecule has 1 aromatic rings. The zero-order valence-electron chi connectivity index (χ0n) is 8.03. The van der Waals surface area contributed by atoms with Gasteiger partial charge in [0, 0.05) is 12.0 Å². The molecule has 0 heterocycles. The molecule has 74 valence electrons. The number of nitrogens with zero attached hydrogens (tertiary/aromatic N) is 1. The fourth-order valence-corrected chi connectivity index (χ4v) is 1.02. The lowest BCUT2D eigenvalue weighted by molar-refractivity contribution is -0.136. The van der Waals surface area contributed by atoms with Crippen LogP contribution in [0, 0.1) is 23.2 Å². The van der Waals surface area contributed by atoms with Crippen molar-refractivity contribution in [3.63, 3.8) is 0 Å². The van der Waals surface area contributed by atoms with E-state index in [1.807, 2.05) is 6.07 Å². The SMILES string of the molecule is N#Cc1ccccc1C#CCCC(=O)O. The minimum atomic E-state index is -0.863. The van der Waals surface area contributed by atoms with Gasteiger partial charge in [-0.25, -0.2) is 0 Å². The molecule has 1 aromatic carbocycles. The molecular weight excluding hydrogens is 190 g/mol. The standard InChI is InChI=1S/C12H9NO2/c13-9-11-7-2-1-5-10(11)6-3-4-8-12(14)15/h1-2,5,7H,4,8H2,(H,14,15). The molecule has 0 fully saturated rings. The monoisotopic (exact) mass is 199 g/mol. The Bertz CT molecular complexity index is 460. The second-order valence-electron chi connectivity index (χ2n) is 2.85. The van der Waals surface area contributed by atoms with Gasteiger partial charge in [-0.05, 0) is 12.1 Å². The minimum Gasteiger partial charge on any atom is -0.481 e. The molecule has 0 saturated carbocycles. The lowest BCUT2D eigenvalue weighted by Crippen LogP contribution is -1.91. The Labute approximate surface area is 88.0 Å². The molecule has 0 aliphatic heterocycles. The van der Waals surface area contributed by atoms with Crippen molar-refractivity contribution in [2.45, 2.75) is 12.8 Å². The second-order valence-corrected chi connectivity index (χ2v) is 2.85. The summed E-state index contributed by atoms with van der Waals surface area (Å²) in [4.78, 5) is 10.2. The lowest BCUT2D eigenvalue weighted by atomic mass is 10.1. The van der Waals surface area contributed by atoms with Crippen LogP contribution >= 0.6 is 0 Å². The molecule has 15 heavy (non-hydrogen) atoms. The van der Waals surface area contributed by atoms with Crippen molar-refractivity contribution in [3.05, 3.63) is 35.4 Å². The van der Waals surface area contributed by atoms with E-state index in [9.17, 15) is 4.79 Å². The Morgan fingerprint density at radius 1 is 1.33 bits per heavy atom. The number of rotatable bonds is 2. The first-order valence-corrected chi connectivity index (χ1v) is 4.44. The average Bonchev–Trinajstić information content (AvgIpc) is 2.24. The number of carboxylic acids is 1. The van der Waals surface area contributed by atoms with Crippen LogP contribution < -0.4 is 0 Å². The number of hydrogen-bond donors (Lipinski definition) is 1. The van der Waals surface area contributed by atoms with E-state index < -0.39 is 5.97 Å². The van der Waals surface area contributed by atoms with Gasteiger partial charge >= 0.3 is 5.97 Å². The van der Waals surface area contributed by atoms with Crippen molar-refractivity contribution in [2.75, 3.05) is 0 Å². The van der Waals surface area contributed by atoms with Crippen molar-refractivity contribution in [1.29, 1.82) is 5.26 Å². The van der Waals surface area contributed by atoms with Crippen LogP contribution in [0.3, 0.4) is 0 Å². The summed E-state index contributed by atoms with van der Waals surface area (Å²) < 4.78 is 0. The smallest absolute Gasteiger partial charge is 0.304 e. The molecular formula is C12H9NO2. The summed E-state index contributed by atoms with van der Waals surface area (Å²) in [6, 6.07) is 9.01. The number of hydrogen-bond acceptors (Lipinski definition) is 2. The van der Waals surface area contributed by atoms with E-state index in [0.717, 1.165) is 0 Å². The van der Waals surface area contributed by atoms with E-state index in [1.165, 1.54) is 0 Å². The Kier molecular flexibility index (Phi) is 3.94. The second kappa shape index (κ2) is 5.47. The molecule has 1 rings (SSSR count). The van der Waals surface area contributed by atoms with Crippen molar-refractivity contribution in [3.8, 4) is 17.9 Å². The van der Waals surface area contributed by atoms with E-state index in [0.29, 0.717) is 17.5 Å². The highest BCUT2D eigenvalue weighted by Gasteiger charge is 1.96. The van der Waals surface area contributed by atoms with E-state index in [1.54, 1.807) is 24.3 Å². The first kappa shape index (κ1) is 10.8. The van der Waals surface area contributed by atoms with Gasteiger partial charge in [0.15, 0.2) is 0 Å². The zero-order valence-corrected chi connectivity index (χ0v) is 8.03. The molecule has 0 radical (unpaired) electrons. The highest BCUT2D eigenvalue weighted by atomic mass is 16.4. The highest BCUT2D eigenvalue weighted by molar-refractivity contribution is 5.67. The largest absolute Gasteiger partial charge is 0.481 e. The number of carboxylic acid groups (broad SMARTS) is 1. The molecule has 3 heteroatoms. The predicted octanol–water partition coefficient (Wildman–Crippen LogP) is 1.77. The molecule has 0 aromatic heterocycles. The third-order valence-electron chi connectivity index (χ3n) is 1.73. The molecule has 0 atom stereocenters. The normalized spacial score (nSPS) is 8.47. The molecule has 0 aliphatic rings. The summed E-state index contributed by atoms with van der Waals surface area (Å²) in [5, 5.41) is 17.1. The highest BCUT2D eigenvalue weighted by Crippen LogP contribution is 2.05. The van der Waals surface area contributed by atoms with Crippen LogP contribution in [0.2, 0.25) is 0 Å². The van der Waals surface area contributed by atoms with E-state index in [-0.39, 0.29) is 6.42 Å². The maximum Gasteiger partial charge on any atom is 0.304 e. The summed E-state index contributed by atoms with van der Waals surface area (Å²) >= 11 is 0. The summed E-state index contributed by atoms with van der Waals surface area (Å²) in [6.07, 6.45) is 0.330. The van der Waals surface area contributed by atoms with Crippen LogP contribution in [-0.2, 0) is 4.79 Å². The molecule has 0 unspecified atom stereocenters. The van der Waals surface area contributed by atoms with Gasteiger partial charge in [0.25, 0.3) is 0 Å². The molecule has 3 nitrogen and oxygen atoms in total. The topological polar surface area (TPSA) is 61.1 Å². The number of nitriles is 1. The van der Waals surface area contributed by atoms with Crippen LogP contribution in [-0.4, -0.2) is 11.1 Å². The van der Waals surface area contributed by atoms with E-state index in [2.05, 4.69) is 11.8 Å². The van der Waals surface area contributed by atoms with Crippen LogP contribution in [0.15, 0.2) is 24.3 Å². The quantitative estimate of drug-likeness (QED) is 0.738. The predicted molar refractivity (Wildman–Crippen MR) is 54.9 cm³/mol. The number of carbonyl (C=O) groups is 1. The third kappa shape index (κ3) is 3.54. The first-order chi connectivity index (χ1) is 7.24. The Balaban J connectivity index is 2.72. The van der Waals surface area contributed by atoms with Crippen molar-refractivity contribution in [1.82, 2.24) is 0 Å². The maximum atomic E-state index is 10.2. The molecule has 0 saturated heterocycles. The summed E-state index contributed by atoms with van der Waals surface area (Å²) in [6.45, 7) is 0. The summed E-state index contributed by atoms with van der Waals surface area (Å²) in [5.74, 6) is 4.65. The summed E-state index contributed by atoms with van der Waals surface area (Å²) in [7, 11) is 0. The minimum absolute atomic E-state index is 0.0295. The Morgan fingerprint density at radius 3 is 2.60 bits per heavy atom. The van der Waals surface area contributed by atoms with Crippen molar-refractivity contribution in [2.24, 2.45) is 0 Å². The van der Waals surface area contributed by atoms with Gasteiger partial charge < -0.3 is 5.11 Å². The van der Waals surface area contributed by atoms with E-state index in [4.69, 9.17) is 10.4 Å². The van der Waals surface area contributed by atoms with Crippen molar-refractivity contribution < 1.29 is 9.90 Å². The van der Waals surface area contributed by atoms with Crippen LogP contribution in [0.5, 0.6) is 0 Å². The van der Waals surface area contributed by atoms with Gasteiger partial charge in [-0.3, -0.25) is 4.79 Å². The zero-order chi connectivity index (χ0) is 11.1. The van der Waals surface area contributed by atoms with Gasteiger partial charge in [0.1, 0.15) is 6.07 Å². The molecule has 0 amide bonds. The first-order valence-electron chi connectivity index (χ1n) is 4.44. The van der Waals surface area contributed by atoms with Crippen LogP contribution in [0.4, 0.5) is 0 Å². The third-order valence-corrected chi connectivity index (χ3v) is 1.73. The van der Waals surface area contributed by atoms with Gasteiger partial charge in [-0.15, -0.1) is 0 Å². The number of benzene rings is 1. The van der Waals surface area contributed by atoms with E-state index >= 15 is 0 Å². The molecule has 0 spiro atoms. The molecule has 0 aliphatic carbocycles.